The number of aliphatic hydroxyl groups excluding tert-OH is 1. The maximum atomic E-state index is 12.4. The van der Waals surface area contributed by atoms with Gasteiger partial charge in [0.25, 0.3) is 5.91 Å². The topological polar surface area (TPSA) is 40.5 Å². The van der Waals surface area contributed by atoms with Crippen LogP contribution in [0.2, 0.25) is 0 Å². The zero-order chi connectivity index (χ0) is 12.4. The first-order valence-corrected chi connectivity index (χ1v) is 7.05. The van der Waals surface area contributed by atoms with Crippen LogP contribution in [0.5, 0.6) is 0 Å². The molecule has 1 aliphatic rings. The largest absolute Gasteiger partial charge is 0.393 e. The number of hydrogen-bond donors (Lipinski definition) is 1. The van der Waals surface area contributed by atoms with E-state index in [2.05, 4.69) is 0 Å². The molecule has 1 amide bonds. The number of rotatable bonds is 3. The second kappa shape index (κ2) is 5.19. The van der Waals surface area contributed by atoms with Gasteiger partial charge in [-0.2, -0.15) is 11.3 Å². The third-order valence-corrected chi connectivity index (χ3v) is 4.20. The van der Waals surface area contributed by atoms with Crippen LogP contribution >= 0.6 is 11.3 Å². The van der Waals surface area contributed by atoms with Gasteiger partial charge in [0.2, 0.25) is 0 Å². The molecule has 0 aromatic carbocycles. The number of carbonyl (C=O) groups is 1. The van der Waals surface area contributed by atoms with Crippen LogP contribution in [0.1, 0.15) is 42.1 Å². The molecule has 1 N–H and O–H groups in total. The average Bonchev–Trinajstić information content (AvgIpc) is 2.85. The van der Waals surface area contributed by atoms with Gasteiger partial charge < -0.3 is 10.0 Å². The van der Waals surface area contributed by atoms with Crippen LogP contribution in [0.15, 0.2) is 10.8 Å². The molecule has 2 atom stereocenters. The lowest BCUT2D eigenvalue weighted by atomic mass is 10.1. The monoisotopic (exact) mass is 253 g/mol. The maximum Gasteiger partial charge on any atom is 0.255 e. The highest BCUT2D eigenvalue weighted by molar-refractivity contribution is 7.08. The van der Waals surface area contributed by atoms with Gasteiger partial charge in [-0.15, -0.1) is 0 Å². The molecular formula is C13H19NO2S. The molecule has 1 saturated heterocycles. The molecule has 4 heteroatoms. The first-order chi connectivity index (χ1) is 8.09. The molecule has 94 valence electrons. The minimum Gasteiger partial charge on any atom is -0.393 e. The molecule has 1 aromatic rings. The zero-order valence-corrected chi connectivity index (χ0v) is 11.2. The van der Waals surface area contributed by atoms with Crippen LogP contribution in [0.25, 0.3) is 0 Å². The first-order valence-electron chi connectivity index (χ1n) is 6.11. The molecule has 0 saturated carbocycles. The van der Waals surface area contributed by atoms with Crippen molar-refractivity contribution in [3.05, 3.63) is 21.9 Å². The van der Waals surface area contributed by atoms with Crippen molar-refractivity contribution in [1.29, 1.82) is 0 Å². The zero-order valence-electron chi connectivity index (χ0n) is 10.3. The van der Waals surface area contributed by atoms with Crippen LogP contribution in [0, 0.1) is 6.92 Å². The number of amides is 1. The van der Waals surface area contributed by atoms with Crippen molar-refractivity contribution in [2.75, 3.05) is 6.54 Å². The van der Waals surface area contributed by atoms with E-state index in [0.29, 0.717) is 6.42 Å². The maximum absolute atomic E-state index is 12.4. The minimum atomic E-state index is -0.336. The van der Waals surface area contributed by atoms with Crippen LogP contribution in [0.3, 0.4) is 0 Å². The van der Waals surface area contributed by atoms with Crippen molar-refractivity contribution in [3.8, 4) is 0 Å². The Balaban J connectivity index is 2.11. The summed E-state index contributed by atoms with van der Waals surface area (Å²) in [6, 6.07) is 0.210. The van der Waals surface area contributed by atoms with Crippen molar-refractivity contribution >= 4 is 17.2 Å². The number of thiophene rings is 1. The summed E-state index contributed by atoms with van der Waals surface area (Å²) in [6.07, 6.45) is 2.41. The van der Waals surface area contributed by atoms with Gasteiger partial charge in [-0.3, -0.25) is 4.79 Å². The summed E-state index contributed by atoms with van der Waals surface area (Å²) in [6.45, 7) is 4.59. The quantitative estimate of drug-likeness (QED) is 0.898. The lowest BCUT2D eigenvalue weighted by Crippen LogP contribution is -2.37. The minimum absolute atomic E-state index is 0.131. The number of aliphatic hydroxyl groups is 1. The fraction of sp³-hybridized carbons (Fsp3) is 0.615. The molecule has 0 aliphatic carbocycles. The normalized spacial score (nSPS) is 21.8. The van der Waals surface area contributed by atoms with Crippen molar-refractivity contribution < 1.29 is 9.90 Å². The summed E-state index contributed by atoms with van der Waals surface area (Å²) in [4.78, 5) is 14.3. The van der Waals surface area contributed by atoms with E-state index in [-0.39, 0.29) is 18.1 Å². The molecule has 0 spiro atoms. The highest BCUT2D eigenvalue weighted by Gasteiger charge is 2.30. The van der Waals surface area contributed by atoms with Crippen LogP contribution < -0.4 is 0 Å². The van der Waals surface area contributed by atoms with E-state index in [4.69, 9.17) is 0 Å². The first kappa shape index (κ1) is 12.6. The lowest BCUT2D eigenvalue weighted by Gasteiger charge is -2.25. The van der Waals surface area contributed by atoms with E-state index >= 15 is 0 Å². The molecule has 0 radical (unpaired) electrons. The van der Waals surface area contributed by atoms with Crippen molar-refractivity contribution in [3.63, 3.8) is 0 Å². The van der Waals surface area contributed by atoms with Crippen LogP contribution in [-0.2, 0) is 0 Å². The molecule has 1 aliphatic heterocycles. The Bertz CT molecular complexity index is 400. The Labute approximate surface area is 106 Å². The Morgan fingerprint density at radius 3 is 3.00 bits per heavy atom. The Hall–Kier alpha value is -0.870. The van der Waals surface area contributed by atoms with Crippen molar-refractivity contribution in [2.24, 2.45) is 0 Å². The summed E-state index contributed by atoms with van der Waals surface area (Å²) >= 11 is 1.57. The standard InChI is InChI=1S/C13H19NO2S/c1-9-7-17-8-12(9)13(16)14-5-3-4-11(14)6-10(2)15/h7-8,10-11,15H,3-6H2,1-2H3. The fourth-order valence-corrected chi connectivity index (χ4v) is 3.30. The van der Waals surface area contributed by atoms with E-state index in [0.717, 1.165) is 30.5 Å². The molecular weight excluding hydrogens is 234 g/mol. The number of hydrogen-bond acceptors (Lipinski definition) is 3. The van der Waals surface area contributed by atoms with Gasteiger partial charge >= 0.3 is 0 Å². The van der Waals surface area contributed by atoms with Gasteiger partial charge in [-0.05, 0) is 44.1 Å². The van der Waals surface area contributed by atoms with Crippen LogP contribution in [0.4, 0.5) is 0 Å². The number of likely N-dealkylation sites (tertiary alicyclic amines) is 1. The van der Waals surface area contributed by atoms with Crippen molar-refractivity contribution in [2.45, 2.75) is 45.3 Å². The smallest absolute Gasteiger partial charge is 0.255 e. The summed E-state index contributed by atoms with van der Waals surface area (Å²) in [7, 11) is 0. The van der Waals surface area contributed by atoms with E-state index < -0.39 is 0 Å². The third-order valence-electron chi connectivity index (χ3n) is 3.34. The van der Waals surface area contributed by atoms with E-state index in [9.17, 15) is 9.90 Å². The van der Waals surface area contributed by atoms with E-state index in [1.165, 1.54) is 0 Å². The molecule has 3 nitrogen and oxygen atoms in total. The predicted octanol–water partition coefficient (Wildman–Crippen LogP) is 2.43. The summed E-state index contributed by atoms with van der Waals surface area (Å²) in [5.41, 5.74) is 1.88. The second-order valence-electron chi connectivity index (χ2n) is 4.85. The highest BCUT2D eigenvalue weighted by Crippen LogP contribution is 2.25. The number of nitrogens with zero attached hydrogens (tertiary/aromatic N) is 1. The fourth-order valence-electron chi connectivity index (χ4n) is 2.48. The molecule has 2 rings (SSSR count). The number of carbonyl (C=O) groups excluding carboxylic acids is 1. The summed E-state index contributed by atoms with van der Waals surface area (Å²) in [5, 5.41) is 13.4. The predicted molar refractivity (Wildman–Crippen MR) is 69.4 cm³/mol. The van der Waals surface area contributed by atoms with Gasteiger partial charge in [0, 0.05) is 18.0 Å². The molecule has 2 unspecified atom stereocenters. The Morgan fingerprint density at radius 1 is 1.65 bits per heavy atom. The van der Waals surface area contributed by atoms with E-state index in [1.54, 1.807) is 18.3 Å². The Kier molecular flexibility index (Phi) is 3.84. The highest BCUT2D eigenvalue weighted by atomic mass is 32.1. The molecule has 0 bridgehead atoms. The number of aryl methyl sites for hydroxylation is 1. The molecule has 2 heterocycles. The summed E-state index contributed by atoms with van der Waals surface area (Å²) < 4.78 is 0. The van der Waals surface area contributed by atoms with Gasteiger partial charge in [-0.1, -0.05) is 0 Å². The van der Waals surface area contributed by atoms with E-state index in [1.807, 2.05) is 22.6 Å². The van der Waals surface area contributed by atoms with Gasteiger partial charge in [0.1, 0.15) is 0 Å². The average molecular weight is 253 g/mol. The molecule has 1 fully saturated rings. The SMILES string of the molecule is Cc1cscc1C(=O)N1CCCC1CC(C)O. The van der Waals surface area contributed by atoms with Crippen LogP contribution in [-0.4, -0.2) is 34.6 Å². The lowest BCUT2D eigenvalue weighted by molar-refractivity contribution is 0.0682. The Morgan fingerprint density at radius 2 is 2.41 bits per heavy atom. The third kappa shape index (κ3) is 2.69. The van der Waals surface area contributed by atoms with Gasteiger partial charge in [-0.25, -0.2) is 0 Å². The molecule has 1 aromatic heterocycles. The van der Waals surface area contributed by atoms with Crippen molar-refractivity contribution in [1.82, 2.24) is 4.90 Å². The van der Waals surface area contributed by atoms with Gasteiger partial charge in [0.05, 0.1) is 11.7 Å². The molecule has 17 heavy (non-hydrogen) atoms. The van der Waals surface area contributed by atoms with Gasteiger partial charge in [0.15, 0.2) is 0 Å². The summed E-state index contributed by atoms with van der Waals surface area (Å²) in [5.74, 6) is 0.131. The second-order valence-corrected chi connectivity index (χ2v) is 5.59.